The van der Waals surface area contributed by atoms with Gasteiger partial charge >= 0.3 is 0 Å². The molecule has 0 nitrogen and oxygen atoms in total. The van der Waals surface area contributed by atoms with Gasteiger partial charge in [0, 0.05) is 26.2 Å². The quantitative estimate of drug-likeness (QED) is 0.476. The van der Waals surface area contributed by atoms with Crippen LogP contribution in [0.4, 0.5) is 0 Å². The maximum Gasteiger partial charge on any atom is 0 e. The molecule has 1 heteroatoms. The number of allylic oxidation sites excluding steroid dienone is 1. The Hall–Kier alpha value is 0.623. The molecule has 0 rings (SSSR count). The van der Waals surface area contributed by atoms with Gasteiger partial charge in [-0.05, 0) is 12.8 Å². The largest absolute Gasteiger partial charge is 0.103 e. The van der Waals surface area contributed by atoms with Crippen LogP contribution in [0.5, 0.6) is 0 Å². The van der Waals surface area contributed by atoms with Gasteiger partial charge in [-0.3, -0.25) is 0 Å². The summed E-state index contributed by atoms with van der Waals surface area (Å²) in [7, 11) is 0. The summed E-state index contributed by atoms with van der Waals surface area (Å²) in [6, 6.07) is 0. The Kier molecular flexibility index (Phi) is 15.6. The molecular formula is C8H16Zr. The minimum Gasteiger partial charge on any atom is -0.103 e. The molecule has 0 spiro atoms. The Morgan fingerprint density at radius 1 is 1.22 bits per heavy atom. The molecule has 0 atom stereocenters. The van der Waals surface area contributed by atoms with E-state index in [0.29, 0.717) is 0 Å². The molecule has 0 saturated heterocycles. The van der Waals surface area contributed by atoms with Crippen LogP contribution in [0, 0.1) is 0 Å². The van der Waals surface area contributed by atoms with Crippen LogP contribution in [0.25, 0.3) is 0 Å². The molecule has 0 fully saturated rings. The van der Waals surface area contributed by atoms with Crippen molar-refractivity contribution in [2.24, 2.45) is 0 Å². The van der Waals surface area contributed by atoms with E-state index in [4.69, 9.17) is 0 Å². The molecule has 52 valence electrons. The summed E-state index contributed by atoms with van der Waals surface area (Å²) in [5, 5.41) is 0. The van der Waals surface area contributed by atoms with E-state index in [-0.39, 0.29) is 26.2 Å². The average molecular weight is 203 g/mol. The van der Waals surface area contributed by atoms with Crippen molar-refractivity contribution in [1.29, 1.82) is 0 Å². The summed E-state index contributed by atoms with van der Waals surface area (Å²) < 4.78 is 0. The average Bonchev–Trinajstić information content (AvgIpc) is 1.81. The number of unbranched alkanes of at least 4 members (excludes halogenated alkanes) is 4. The zero-order valence-corrected chi connectivity index (χ0v) is 8.78. The van der Waals surface area contributed by atoms with E-state index in [2.05, 4.69) is 13.5 Å². The molecule has 0 radical (unpaired) electrons. The smallest absolute Gasteiger partial charge is 0 e. The fraction of sp³-hybridized carbons (Fsp3) is 0.750. The topological polar surface area (TPSA) is 0 Å². The first-order chi connectivity index (χ1) is 3.91. The van der Waals surface area contributed by atoms with Crippen molar-refractivity contribution in [2.45, 2.75) is 39.0 Å². The molecule has 0 unspecified atom stereocenters. The Morgan fingerprint density at radius 3 is 2.33 bits per heavy atom. The van der Waals surface area contributed by atoms with Gasteiger partial charge in [-0.2, -0.15) is 0 Å². The van der Waals surface area contributed by atoms with Crippen LogP contribution < -0.4 is 0 Å². The normalized spacial score (nSPS) is 8.11. The summed E-state index contributed by atoms with van der Waals surface area (Å²) in [5.41, 5.74) is 0. The third-order valence-corrected chi connectivity index (χ3v) is 1.26. The molecule has 0 aliphatic rings. The number of hydrogen-bond acceptors (Lipinski definition) is 0. The Bertz CT molecular complexity index is 50.5. The fourth-order valence-electron chi connectivity index (χ4n) is 0.715. The van der Waals surface area contributed by atoms with Gasteiger partial charge in [-0.1, -0.05) is 32.3 Å². The van der Waals surface area contributed by atoms with Crippen molar-refractivity contribution in [3.63, 3.8) is 0 Å². The summed E-state index contributed by atoms with van der Waals surface area (Å²) >= 11 is 0. The van der Waals surface area contributed by atoms with Crippen molar-refractivity contribution < 1.29 is 26.2 Å². The fourth-order valence-corrected chi connectivity index (χ4v) is 0.715. The number of hydrogen-bond donors (Lipinski definition) is 0. The Morgan fingerprint density at radius 2 is 1.89 bits per heavy atom. The van der Waals surface area contributed by atoms with Crippen molar-refractivity contribution in [1.82, 2.24) is 0 Å². The van der Waals surface area contributed by atoms with Crippen LogP contribution >= 0.6 is 0 Å². The molecule has 0 aromatic heterocycles. The first kappa shape index (κ1) is 12.3. The van der Waals surface area contributed by atoms with Crippen molar-refractivity contribution >= 4 is 0 Å². The molecule has 0 heterocycles. The van der Waals surface area contributed by atoms with Gasteiger partial charge in [0.15, 0.2) is 0 Å². The first-order valence-corrected chi connectivity index (χ1v) is 3.52. The molecule has 0 saturated carbocycles. The molecule has 0 amide bonds. The second kappa shape index (κ2) is 11.4. The molecular weight excluding hydrogens is 187 g/mol. The van der Waals surface area contributed by atoms with Crippen LogP contribution in [-0.4, -0.2) is 0 Å². The van der Waals surface area contributed by atoms with E-state index in [9.17, 15) is 0 Å². The predicted octanol–water partition coefficient (Wildman–Crippen LogP) is 3.14. The van der Waals surface area contributed by atoms with Crippen LogP contribution in [-0.2, 0) is 26.2 Å². The minimum absolute atomic E-state index is 0. The zero-order valence-electron chi connectivity index (χ0n) is 6.32. The van der Waals surface area contributed by atoms with E-state index >= 15 is 0 Å². The monoisotopic (exact) mass is 202 g/mol. The van der Waals surface area contributed by atoms with Gasteiger partial charge in [0.05, 0.1) is 0 Å². The molecule has 0 aliphatic heterocycles. The molecule has 0 aliphatic carbocycles. The first-order valence-electron chi connectivity index (χ1n) is 3.52. The second-order valence-electron chi connectivity index (χ2n) is 2.14. The molecule has 0 bridgehead atoms. The maximum atomic E-state index is 3.66. The van der Waals surface area contributed by atoms with E-state index in [1.54, 1.807) is 0 Å². The SMILES string of the molecule is C=CCCCCCC.[Zr]. The van der Waals surface area contributed by atoms with E-state index in [1.807, 2.05) is 6.08 Å². The Labute approximate surface area is 77.9 Å². The van der Waals surface area contributed by atoms with Gasteiger partial charge < -0.3 is 0 Å². The summed E-state index contributed by atoms with van der Waals surface area (Å²) in [6.45, 7) is 5.89. The van der Waals surface area contributed by atoms with Crippen LogP contribution in [0.3, 0.4) is 0 Å². The third-order valence-electron chi connectivity index (χ3n) is 1.26. The Balaban J connectivity index is 0. The van der Waals surface area contributed by atoms with Crippen LogP contribution in [0.2, 0.25) is 0 Å². The maximum absolute atomic E-state index is 3.66. The van der Waals surface area contributed by atoms with E-state index in [0.717, 1.165) is 0 Å². The van der Waals surface area contributed by atoms with E-state index < -0.39 is 0 Å². The van der Waals surface area contributed by atoms with Crippen molar-refractivity contribution in [3.8, 4) is 0 Å². The predicted molar refractivity (Wildman–Crippen MR) is 39.0 cm³/mol. The second-order valence-corrected chi connectivity index (χ2v) is 2.14. The summed E-state index contributed by atoms with van der Waals surface area (Å²) in [6.07, 6.45) is 8.61. The third kappa shape index (κ3) is 12.0. The van der Waals surface area contributed by atoms with Crippen molar-refractivity contribution in [3.05, 3.63) is 12.7 Å². The van der Waals surface area contributed by atoms with E-state index in [1.165, 1.54) is 32.1 Å². The van der Waals surface area contributed by atoms with Gasteiger partial charge in [0.1, 0.15) is 0 Å². The van der Waals surface area contributed by atoms with Crippen LogP contribution in [0.1, 0.15) is 39.0 Å². The molecule has 0 aromatic carbocycles. The summed E-state index contributed by atoms with van der Waals surface area (Å²) in [5.74, 6) is 0. The molecule has 9 heavy (non-hydrogen) atoms. The van der Waals surface area contributed by atoms with Gasteiger partial charge in [0.2, 0.25) is 0 Å². The zero-order chi connectivity index (χ0) is 6.24. The summed E-state index contributed by atoms with van der Waals surface area (Å²) in [4.78, 5) is 0. The van der Waals surface area contributed by atoms with Gasteiger partial charge in [0.25, 0.3) is 0 Å². The van der Waals surface area contributed by atoms with Gasteiger partial charge in [-0.15, -0.1) is 6.58 Å². The van der Waals surface area contributed by atoms with Crippen LogP contribution in [0.15, 0.2) is 12.7 Å². The number of rotatable bonds is 5. The van der Waals surface area contributed by atoms with Crippen molar-refractivity contribution in [2.75, 3.05) is 0 Å². The van der Waals surface area contributed by atoms with Gasteiger partial charge in [-0.25, -0.2) is 0 Å². The molecule has 0 aromatic rings. The standard InChI is InChI=1S/C8H16.Zr/c1-3-5-7-8-6-4-2;/h3H,1,4-8H2,2H3;. The molecule has 0 N–H and O–H groups in total. The minimum atomic E-state index is 0.